The van der Waals surface area contributed by atoms with E-state index in [4.69, 9.17) is 21.1 Å². The Morgan fingerprint density at radius 2 is 1.80 bits per heavy atom. The largest absolute Gasteiger partial charge is 0.493 e. The second kappa shape index (κ2) is 9.91. The van der Waals surface area contributed by atoms with Gasteiger partial charge >= 0.3 is 0 Å². The lowest BCUT2D eigenvalue weighted by atomic mass is 10.1. The van der Waals surface area contributed by atoms with Crippen molar-refractivity contribution in [1.29, 1.82) is 0 Å². The first-order chi connectivity index (χ1) is 12.1. The Kier molecular flexibility index (Phi) is 7.57. The zero-order chi connectivity index (χ0) is 18.1. The molecule has 2 N–H and O–H groups in total. The van der Waals surface area contributed by atoms with Gasteiger partial charge < -0.3 is 20.1 Å². The average Bonchev–Trinajstić information content (AvgIpc) is 2.64. The van der Waals surface area contributed by atoms with E-state index in [2.05, 4.69) is 10.6 Å². The molecule has 0 aliphatic rings. The summed E-state index contributed by atoms with van der Waals surface area (Å²) in [4.78, 5) is 11.9. The molecule has 1 atom stereocenters. The van der Waals surface area contributed by atoms with E-state index >= 15 is 0 Å². The number of methoxy groups -OCH3 is 1. The SMILES string of the molecule is COc1ccccc1OCCNC(=O)CN[C@@H](C)c1ccc(Cl)cc1. The van der Waals surface area contributed by atoms with E-state index in [-0.39, 0.29) is 18.5 Å². The number of benzene rings is 2. The Bertz CT molecular complexity index is 677. The molecule has 0 fully saturated rings. The highest BCUT2D eigenvalue weighted by Crippen LogP contribution is 2.25. The van der Waals surface area contributed by atoms with Crippen LogP contribution in [0.5, 0.6) is 11.5 Å². The number of halogens is 1. The minimum atomic E-state index is -0.0792. The van der Waals surface area contributed by atoms with Crippen molar-refractivity contribution >= 4 is 17.5 Å². The summed E-state index contributed by atoms with van der Waals surface area (Å²) in [5.41, 5.74) is 1.08. The topological polar surface area (TPSA) is 59.6 Å². The second-order valence-corrected chi connectivity index (χ2v) is 5.94. The van der Waals surface area contributed by atoms with Crippen LogP contribution in [-0.2, 0) is 4.79 Å². The number of rotatable bonds is 9. The molecule has 2 rings (SSSR count). The summed E-state index contributed by atoms with van der Waals surface area (Å²) in [5, 5.41) is 6.69. The molecule has 0 aromatic heterocycles. The van der Waals surface area contributed by atoms with Gasteiger partial charge in [0.1, 0.15) is 6.61 Å². The molecule has 0 radical (unpaired) electrons. The monoisotopic (exact) mass is 362 g/mol. The van der Waals surface area contributed by atoms with Crippen molar-refractivity contribution in [1.82, 2.24) is 10.6 Å². The molecule has 0 spiro atoms. The summed E-state index contributed by atoms with van der Waals surface area (Å²) < 4.78 is 10.8. The Balaban J connectivity index is 1.66. The molecular formula is C19H23ClN2O3. The maximum absolute atomic E-state index is 11.9. The zero-order valence-electron chi connectivity index (χ0n) is 14.4. The van der Waals surface area contributed by atoms with Gasteiger partial charge in [-0.05, 0) is 36.8 Å². The van der Waals surface area contributed by atoms with Crippen molar-refractivity contribution < 1.29 is 14.3 Å². The Hall–Kier alpha value is -2.24. The molecule has 0 heterocycles. The van der Waals surface area contributed by atoms with Crippen molar-refractivity contribution in [3.63, 3.8) is 0 Å². The normalized spacial score (nSPS) is 11.6. The van der Waals surface area contributed by atoms with Crippen molar-refractivity contribution in [3.8, 4) is 11.5 Å². The van der Waals surface area contributed by atoms with Crippen molar-refractivity contribution in [2.45, 2.75) is 13.0 Å². The van der Waals surface area contributed by atoms with E-state index < -0.39 is 0 Å². The first kappa shape index (κ1) is 19.1. The maximum atomic E-state index is 11.9. The summed E-state index contributed by atoms with van der Waals surface area (Å²) in [6.07, 6.45) is 0. The van der Waals surface area contributed by atoms with Gasteiger partial charge in [-0.2, -0.15) is 0 Å². The fraction of sp³-hybridized carbons (Fsp3) is 0.316. The van der Waals surface area contributed by atoms with E-state index in [0.717, 1.165) is 5.56 Å². The molecule has 5 nitrogen and oxygen atoms in total. The quantitative estimate of drug-likeness (QED) is 0.672. The van der Waals surface area contributed by atoms with Crippen LogP contribution >= 0.6 is 11.6 Å². The van der Waals surface area contributed by atoms with Crippen LogP contribution in [0.4, 0.5) is 0 Å². The summed E-state index contributed by atoms with van der Waals surface area (Å²) in [6.45, 7) is 3.03. The van der Waals surface area contributed by atoms with Crippen LogP contribution in [0.15, 0.2) is 48.5 Å². The molecule has 0 unspecified atom stereocenters. The van der Waals surface area contributed by atoms with Gasteiger partial charge in [-0.25, -0.2) is 0 Å². The van der Waals surface area contributed by atoms with Crippen LogP contribution in [0.2, 0.25) is 5.02 Å². The molecule has 0 aliphatic carbocycles. The van der Waals surface area contributed by atoms with Crippen LogP contribution in [0.1, 0.15) is 18.5 Å². The third-order valence-corrected chi connectivity index (χ3v) is 3.94. The van der Waals surface area contributed by atoms with Gasteiger partial charge in [0.25, 0.3) is 0 Å². The Morgan fingerprint density at radius 3 is 2.48 bits per heavy atom. The van der Waals surface area contributed by atoms with Crippen molar-refractivity contribution in [3.05, 3.63) is 59.1 Å². The lowest BCUT2D eigenvalue weighted by molar-refractivity contribution is -0.120. The highest BCUT2D eigenvalue weighted by Gasteiger charge is 2.08. The van der Waals surface area contributed by atoms with E-state index in [9.17, 15) is 4.79 Å². The second-order valence-electron chi connectivity index (χ2n) is 5.50. The summed E-state index contributed by atoms with van der Waals surface area (Å²) in [5.74, 6) is 1.26. The molecule has 0 bridgehead atoms. The van der Waals surface area contributed by atoms with Gasteiger partial charge in [-0.15, -0.1) is 0 Å². The molecule has 0 saturated heterocycles. The van der Waals surface area contributed by atoms with Crippen molar-refractivity contribution in [2.75, 3.05) is 26.8 Å². The summed E-state index contributed by atoms with van der Waals surface area (Å²) in [6, 6.07) is 15.0. The number of para-hydroxylation sites is 2. The molecule has 2 aromatic carbocycles. The first-order valence-corrected chi connectivity index (χ1v) is 8.49. The Morgan fingerprint density at radius 1 is 1.12 bits per heavy atom. The van der Waals surface area contributed by atoms with Crippen LogP contribution < -0.4 is 20.1 Å². The van der Waals surface area contributed by atoms with E-state index in [1.165, 1.54) is 0 Å². The first-order valence-electron chi connectivity index (χ1n) is 8.11. The standard InChI is InChI=1S/C19H23ClN2O3/c1-14(15-7-9-16(20)10-8-15)22-13-19(23)21-11-12-25-18-6-4-3-5-17(18)24-2/h3-10,14,22H,11-13H2,1-2H3,(H,21,23)/t14-/m0/s1. The van der Waals surface area contributed by atoms with E-state index in [1.54, 1.807) is 7.11 Å². The predicted molar refractivity (Wildman–Crippen MR) is 99.4 cm³/mol. The van der Waals surface area contributed by atoms with Crippen LogP contribution in [0.25, 0.3) is 0 Å². The van der Waals surface area contributed by atoms with E-state index in [0.29, 0.717) is 29.7 Å². The van der Waals surface area contributed by atoms with E-state index in [1.807, 2.05) is 55.5 Å². The fourth-order valence-electron chi connectivity index (χ4n) is 2.27. The molecule has 0 saturated carbocycles. The van der Waals surface area contributed by atoms with Gasteiger partial charge in [0.15, 0.2) is 11.5 Å². The van der Waals surface area contributed by atoms with Crippen molar-refractivity contribution in [2.24, 2.45) is 0 Å². The third kappa shape index (κ3) is 6.29. The number of hydrogen-bond donors (Lipinski definition) is 2. The summed E-state index contributed by atoms with van der Waals surface area (Å²) >= 11 is 5.87. The number of ether oxygens (including phenoxy) is 2. The minimum absolute atomic E-state index is 0.0628. The number of amides is 1. The smallest absolute Gasteiger partial charge is 0.234 e. The van der Waals surface area contributed by atoms with Crippen LogP contribution in [0.3, 0.4) is 0 Å². The zero-order valence-corrected chi connectivity index (χ0v) is 15.2. The lowest BCUT2D eigenvalue weighted by Gasteiger charge is -2.14. The average molecular weight is 363 g/mol. The fourth-order valence-corrected chi connectivity index (χ4v) is 2.39. The number of carbonyl (C=O) groups is 1. The lowest BCUT2D eigenvalue weighted by Crippen LogP contribution is -2.37. The van der Waals surface area contributed by atoms with Crippen LogP contribution in [0, 0.1) is 0 Å². The predicted octanol–water partition coefficient (Wildman–Crippen LogP) is 3.19. The molecular weight excluding hydrogens is 340 g/mol. The molecule has 0 aliphatic heterocycles. The number of hydrogen-bond acceptors (Lipinski definition) is 4. The van der Waals surface area contributed by atoms with Gasteiger partial charge in [0.2, 0.25) is 5.91 Å². The number of nitrogens with one attached hydrogen (secondary N) is 2. The minimum Gasteiger partial charge on any atom is -0.493 e. The molecule has 6 heteroatoms. The van der Waals surface area contributed by atoms with Gasteiger partial charge in [-0.3, -0.25) is 4.79 Å². The van der Waals surface area contributed by atoms with Gasteiger partial charge in [0, 0.05) is 11.1 Å². The maximum Gasteiger partial charge on any atom is 0.234 e. The molecule has 25 heavy (non-hydrogen) atoms. The molecule has 1 amide bonds. The van der Waals surface area contributed by atoms with Gasteiger partial charge in [-0.1, -0.05) is 35.9 Å². The molecule has 134 valence electrons. The van der Waals surface area contributed by atoms with Crippen LogP contribution in [-0.4, -0.2) is 32.7 Å². The highest BCUT2D eigenvalue weighted by molar-refractivity contribution is 6.30. The number of carbonyl (C=O) groups excluding carboxylic acids is 1. The summed E-state index contributed by atoms with van der Waals surface area (Å²) in [7, 11) is 1.59. The third-order valence-electron chi connectivity index (χ3n) is 3.69. The molecule has 2 aromatic rings. The Labute approximate surface area is 153 Å². The highest BCUT2D eigenvalue weighted by atomic mass is 35.5. The van der Waals surface area contributed by atoms with Gasteiger partial charge in [0.05, 0.1) is 20.2 Å².